The van der Waals surface area contributed by atoms with Crippen molar-refractivity contribution in [3.63, 3.8) is 0 Å². The van der Waals surface area contributed by atoms with Crippen LogP contribution in [0.15, 0.2) is 23.1 Å². The van der Waals surface area contributed by atoms with E-state index in [9.17, 15) is 17.6 Å². The maximum atomic E-state index is 13.7. The number of rotatable bonds is 4. The predicted octanol–water partition coefficient (Wildman–Crippen LogP) is 2.14. The summed E-state index contributed by atoms with van der Waals surface area (Å²) in [4.78, 5) is 11.4. The maximum absolute atomic E-state index is 13.7. The van der Waals surface area contributed by atoms with Crippen molar-refractivity contribution >= 4 is 25.6 Å². The molecule has 4 nitrogen and oxygen atoms in total. The lowest BCUT2D eigenvalue weighted by molar-refractivity contribution is 0.0947. The van der Waals surface area contributed by atoms with E-state index in [-0.39, 0.29) is 10.5 Å². The summed E-state index contributed by atoms with van der Waals surface area (Å²) in [5.74, 6) is -0.401. The molecule has 2 unspecified atom stereocenters. The number of nitrogens with one attached hydrogen (secondary N) is 1. The van der Waals surface area contributed by atoms with Gasteiger partial charge >= 0.3 is 0 Å². The van der Waals surface area contributed by atoms with Gasteiger partial charge in [-0.05, 0) is 36.5 Å². The van der Waals surface area contributed by atoms with Crippen LogP contribution in [0.1, 0.15) is 23.7 Å². The molecule has 0 radical (unpaired) electrons. The second kappa shape index (κ2) is 5.09. The van der Waals surface area contributed by atoms with Gasteiger partial charge in [-0.3, -0.25) is 4.79 Å². The van der Waals surface area contributed by atoms with Gasteiger partial charge in [-0.25, -0.2) is 12.8 Å². The summed E-state index contributed by atoms with van der Waals surface area (Å²) < 4.78 is 35.7. The molecule has 0 bridgehead atoms. The van der Waals surface area contributed by atoms with Gasteiger partial charge in [0.15, 0.2) is 0 Å². The Morgan fingerprint density at radius 3 is 2.63 bits per heavy atom. The third kappa shape index (κ3) is 3.45. The summed E-state index contributed by atoms with van der Waals surface area (Å²) in [6.07, 6.45) is 1.06. The van der Waals surface area contributed by atoms with Crippen LogP contribution in [0.5, 0.6) is 0 Å². The number of halogens is 2. The lowest BCUT2D eigenvalue weighted by atomic mass is 10.2. The Bertz CT molecular complexity index is 617. The lowest BCUT2D eigenvalue weighted by Crippen LogP contribution is -2.26. The van der Waals surface area contributed by atoms with Gasteiger partial charge in [-0.2, -0.15) is 0 Å². The minimum atomic E-state index is -3.99. The summed E-state index contributed by atoms with van der Waals surface area (Å²) in [5.41, 5.74) is -0.183. The van der Waals surface area contributed by atoms with Gasteiger partial charge < -0.3 is 5.32 Å². The second-order valence-corrected chi connectivity index (χ2v) is 7.33. The fraction of sp³-hybridized carbons (Fsp3) is 0.417. The summed E-state index contributed by atoms with van der Waals surface area (Å²) in [7, 11) is 1.10. The minimum absolute atomic E-state index is 0.183. The van der Waals surface area contributed by atoms with Gasteiger partial charge in [0.05, 0.1) is 10.5 Å². The van der Waals surface area contributed by atoms with Crippen LogP contribution in [0.25, 0.3) is 0 Å². The van der Waals surface area contributed by atoms with Crippen molar-refractivity contribution in [1.29, 1.82) is 0 Å². The molecule has 1 aliphatic rings. The van der Waals surface area contributed by atoms with E-state index in [1.807, 2.05) is 0 Å². The first-order chi connectivity index (χ1) is 8.79. The van der Waals surface area contributed by atoms with Crippen LogP contribution in [0.4, 0.5) is 4.39 Å². The van der Waals surface area contributed by atoms with Crippen LogP contribution in [-0.4, -0.2) is 20.9 Å². The van der Waals surface area contributed by atoms with Gasteiger partial charge in [-0.1, -0.05) is 6.92 Å². The molecule has 1 N–H and O–H groups in total. The van der Waals surface area contributed by atoms with Gasteiger partial charge in [-0.15, -0.1) is 0 Å². The molecule has 1 fully saturated rings. The Labute approximate surface area is 115 Å². The molecule has 0 saturated heterocycles. The zero-order valence-electron chi connectivity index (χ0n) is 10.2. The van der Waals surface area contributed by atoms with Crippen LogP contribution in [-0.2, 0) is 9.05 Å². The Kier molecular flexibility index (Phi) is 3.82. The fourth-order valence-corrected chi connectivity index (χ4v) is 2.60. The highest BCUT2D eigenvalue weighted by Crippen LogP contribution is 2.36. The molecule has 104 valence electrons. The summed E-state index contributed by atoms with van der Waals surface area (Å²) in [6, 6.07) is 2.98. The number of carbonyl (C=O) groups excluding carboxylic acids is 1. The number of carbonyl (C=O) groups is 1. The van der Waals surface area contributed by atoms with Gasteiger partial charge in [0.2, 0.25) is 0 Å². The van der Waals surface area contributed by atoms with Gasteiger partial charge in [0.1, 0.15) is 5.82 Å². The molecule has 1 aromatic carbocycles. The monoisotopic (exact) mass is 305 g/mol. The standard InChI is InChI=1S/C12H13ClFNO3S/c1-7-4-8(7)6-15-12(16)10-3-2-9(5-11(10)14)19(13,17)18/h2-3,5,7-8H,4,6H2,1H3,(H,15,16). The van der Waals surface area contributed by atoms with Crippen LogP contribution in [0, 0.1) is 17.7 Å². The van der Waals surface area contributed by atoms with Crippen molar-refractivity contribution in [3.8, 4) is 0 Å². The SMILES string of the molecule is CC1CC1CNC(=O)c1ccc(S(=O)(=O)Cl)cc1F. The molecule has 2 rings (SSSR count). The van der Waals surface area contributed by atoms with Gasteiger partial charge in [0, 0.05) is 17.2 Å². The van der Waals surface area contributed by atoms with E-state index in [0.717, 1.165) is 24.6 Å². The molecule has 7 heteroatoms. The average Bonchev–Trinajstić information content (AvgIpc) is 3.01. The highest BCUT2D eigenvalue weighted by molar-refractivity contribution is 8.13. The summed E-state index contributed by atoms with van der Waals surface area (Å²) >= 11 is 0. The Hall–Kier alpha value is -1.14. The lowest BCUT2D eigenvalue weighted by Gasteiger charge is -2.06. The molecule has 1 aromatic rings. The molecule has 0 heterocycles. The largest absolute Gasteiger partial charge is 0.352 e. The Balaban J connectivity index is 2.10. The van der Waals surface area contributed by atoms with Crippen molar-refractivity contribution in [2.75, 3.05) is 6.54 Å². The van der Waals surface area contributed by atoms with E-state index >= 15 is 0 Å². The number of benzene rings is 1. The first-order valence-electron chi connectivity index (χ1n) is 5.81. The Morgan fingerprint density at radius 2 is 2.16 bits per heavy atom. The Morgan fingerprint density at radius 1 is 1.53 bits per heavy atom. The van der Waals surface area contributed by atoms with E-state index in [1.165, 1.54) is 0 Å². The topological polar surface area (TPSA) is 63.2 Å². The molecule has 19 heavy (non-hydrogen) atoms. The highest BCUT2D eigenvalue weighted by Gasteiger charge is 2.32. The van der Waals surface area contributed by atoms with Crippen LogP contribution >= 0.6 is 10.7 Å². The first kappa shape index (κ1) is 14.3. The highest BCUT2D eigenvalue weighted by atomic mass is 35.7. The summed E-state index contributed by atoms with van der Waals surface area (Å²) in [6.45, 7) is 2.59. The number of amides is 1. The molecule has 1 saturated carbocycles. The maximum Gasteiger partial charge on any atom is 0.261 e. The van der Waals surface area contributed by atoms with E-state index < -0.39 is 20.8 Å². The molecule has 0 aliphatic heterocycles. The molecular weight excluding hydrogens is 293 g/mol. The van der Waals surface area contributed by atoms with E-state index in [4.69, 9.17) is 10.7 Å². The van der Waals surface area contributed by atoms with Crippen molar-refractivity contribution in [2.24, 2.45) is 11.8 Å². The second-order valence-electron chi connectivity index (χ2n) is 4.76. The number of hydrogen-bond donors (Lipinski definition) is 1. The van der Waals surface area contributed by atoms with E-state index in [0.29, 0.717) is 18.4 Å². The van der Waals surface area contributed by atoms with Crippen molar-refractivity contribution in [3.05, 3.63) is 29.6 Å². The zero-order valence-corrected chi connectivity index (χ0v) is 11.8. The van der Waals surface area contributed by atoms with Crippen molar-refractivity contribution in [1.82, 2.24) is 5.32 Å². The molecule has 1 aliphatic carbocycles. The first-order valence-corrected chi connectivity index (χ1v) is 8.12. The smallest absolute Gasteiger partial charge is 0.261 e. The minimum Gasteiger partial charge on any atom is -0.352 e. The summed E-state index contributed by atoms with van der Waals surface area (Å²) in [5, 5.41) is 2.63. The zero-order chi connectivity index (χ0) is 14.2. The van der Waals surface area contributed by atoms with Crippen LogP contribution in [0.3, 0.4) is 0 Å². The van der Waals surface area contributed by atoms with Crippen molar-refractivity contribution in [2.45, 2.75) is 18.2 Å². The molecule has 2 atom stereocenters. The molecule has 0 aromatic heterocycles. The molecular formula is C12H13ClFNO3S. The van der Waals surface area contributed by atoms with Crippen molar-refractivity contribution < 1.29 is 17.6 Å². The fourth-order valence-electron chi connectivity index (χ4n) is 1.83. The van der Waals surface area contributed by atoms with E-state index in [2.05, 4.69) is 12.2 Å². The predicted molar refractivity (Wildman–Crippen MR) is 69.0 cm³/mol. The van der Waals surface area contributed by atoms with Crippen LogP contribution < -0.4 is 5.32 Å². The van der Waals surface area contributed by atoms with Gasteiger partial charge in [0.25, 0.3) is 15.0 Å². The third-order valence-corrected chi connectivity index (χ3v) is 4.62. The molecule has 0 spiro atoms. The van der Waals surface area contributed by atoms with Crippen LogP contribution in [0.2, 0.25) is 0 Å². The number of hydrogen-bond acceptors (Lipinski definition) is 3. The average molecular weight is 306 g/mol. The normalized spacial score (nSPS) is 22.1. The van der Waals surface area contributed by atoms with E-state index in [1.54, 1.807) is 0 Å². The quantitative estimate of drug-likeness (QED) is 0.867. The molecule has 1 amide bonds. The third-order valence-electron chi connectivity index (χ3n) is 3.27.